The minimum Gasteiger partial charge on any atom is -0.480 e. The van der Waals surface area contributed by atoms with Gasteiger partial charge in [-0.25, -0.2) is 4.79 Å². The summed E-state index contributed by atoms with van der Waals surface area (Å²) >= 11 is 0. The van der Waals surface area contributed by atoms with E-state index in [0.29, 0.717) is 5.69 Å². The van der Waals surface area contributed by atoms with Crippen LogP contribution < -0.4 is 5.32 Å². The van der Waals surface area contributed by atoms with Gasteiger partial charge in [0.1, 0.15) is 6.04 Å². The van der Waals surface area contributed by atoms with Gasteiger partial charge < -0.3 is 10.4 Å². The Morgan fingerprint density at radius 1 is 1.24 bits per heavy atom. The van der Waals surface area contributed by atoms with Crippen LogP contribution in [0.2, 0.25) is 0 Å². The van der Waals surface area contributed by atoms with Crippen LogP contribution in [0.3, 0.4) is 0 Å². The van der Waals surface area contributed by atoms with Gasteiger partial charge in [0.05, 0.1) is 5.52 Å². The number of nitrogens with zero attached hydrogens (tertiary/aromatic N) is 1. The van der Waals surface area contributed by atoms with Crippen molar-refractivity contribution >= 4 is 22.8 Å². The molecule has 1 atom stereocenters. The largest absolute Gasteiger partial charge is 0.480 e. The molecule has 5 nitrogen and oxygen atoms in total. The topological polar surface area (TPSA) is 79.3 Å². The normalized spacial score (nSPS) is 15.6. The third-order valence-corrected chi connectivity index (χ3v) is 3.63. The molecule has 1 heterocycles. The lowest BCUT2D eigenvalue weighted by Gasteiger charge is -2.14. The van der Waals surface area contributed by atoms with Crippen molar-refractivity contribution in [3.8, 4) is 0 Å². The van der Waals surface area contributed by atoms with Crippen LogP contribution in [0.15, 0.2) is 36.4 Å². The smallest absolute Gasteiger partial charge is 0.326 e. The Hall–Kier alpha value is -2.43. The van der Waals surface area contributed by atoms with Crippen molar-refractivity contribution in [2.24, 2.45) is 5.92 Å². The number of amides is 1. The SMILES string of the molecule is O=C(N[C@H](Cc1ccc2ccccc2n1)C(=O)O)C1CC1. The highest BCUT2D eigenvalue weighted by atomic mass is 16.4. The van der Waals surface area contributed by atoms with Crippen molar-refractivity contribution < 1.29 is 14.7 Å². The summed E-state index contributed by atoms with van der Waals surface area (Å²) in [6.07, 6.45) is 1.90. The quantitative estimate of drug-likeness (QED) is 0.876. The number of hydrogen-bond acceptors (Lipinski definition) is 3. The van der Waals surface area contributed by atoms with Gasteiger partial charge in [0.2, 0.25) is 5.91 Å². The Morgan fingerprint density at radius 3 is 2.71 bits per heavy atom. The van der Waals surface area contributed by atoms with Crippen LogP contribution in [0.1, 0.15) is 18.5 Å². The number of benzene rings is 1. The fourth-order valence-electron chi connectivity index (χ4n) is 2.27. The Balaban J connectivity index is 1.76. The molecule has 0 spiro atoms. The van der Waals surface area contributed by atoms with E-state index in [1.54, 1.807) is 0 Å². The Bertz CT molecular complexity index is 695. The first-order chi connectivity index (χ1) is 10.1. The molecule has 1 amide bonds. The number of fused-ring (bicyclic) bond motifs is 1. The maximum atomic E-state index is 11.7. The zero-order chi connectivity index (χ0) is 14.8. The number of hydrogen-bond donors (Lipinski definition) is 2. The van der Waals surface area contributed by atoms with Crippen LogP contribution in [0.5, 0.6) is 0 Å². The van der Waals surface area contributed by atoms with Crippen molar-refractivity contribution in [3.63, 3.8) is 0 Å². The van der Waals surface area contributed by atoms with E-state index >= 15 is 0 Å². The molecule has 5 heteroatoms. The molecule has 108 valence electrons. The monoisotopic (exact) mass is 284 g/mol. The lowest BCUT2D eigenvalue weighted by Crippen LogP contribution is -2.43. The average Bonchev–Trinajstić information content (AvgIpc) is 3.31. The van der Waals surface area contributed by atoms with Crippen molar-refractivity contribution in [2.75, 3.05) is 0 Å². The van der Waals surface area contributed by atoms with Gasteiger partial charge >= 0.3 is 5.97 Å². The van der Waals surface area contributed by atoms with E-state index in [1.165, 1.54) is 0 Å². The maximum absolute atomic E-state index is 11.7. The molecule has 1 aliphatic rings. The van der Waals surface area contributed by atoms with E-state index in [9.17, 15) is 14.7 Å². The molecule has 0 bridgehead atoms. The molecule has 21 heavy (non-hydrogen) atoms. The molecule has 0 radical (unpaired) electrons. The second kappa shape index (κ2) is 5.52. The van der Waals surface area contributed by atoms with Crippen LogP contribution in [-0.2, 0) is 16.0 Å². The summed E-state index contributed by atoms with van der Waals surface area (Å²) in [6, 6.07) is 10.5. The molecule has 1 saturated carbocycles. The van der Waals surface area contributed by atoms with Gasteiger partial charge in [-0.05, 0) is 25.0 Å². The van der Waals surface area contributed by atoms with Gasteiger partial charge in [0, 0.05) is 23.4 Å². The number of carboxylic acid groups (broad SMARTS) is 1. The maximum Gasteiger partial charge on any atom is 0.326 e. The van der Waals surface area contributed by atoms with Crippen molar-refractivity contribution in [1.82, 2.24) is 10.3 Å². The predicted molar refractivity (Wildman–Crippen MR) is 77.7 cm³/mol. The summed E-state index contributed by atoms with van der Waals surface area (Å²) in [5.41, 5.74) is 1.49. The Labute approximate surface area is 122 Å². The number of aromatic nitrogens is 1. The second-order valence-electron chi connectivity index (χ2n) is 5.37. The summed E-state index contributed by atoms with van der Waals surface area (Å²) in [5.74, 6) is -1.20. The molecule has 2 aromatic rings. The fraction of sp³-hybridized carbons (Fsp3) is 0.312. The molecule has 0 aliphatic heterocycles. The molecule has 0 unspecified atom stereocenters. The highest BCUT2D eigenvalue weighted by Crippen LogP contribution is 2.29. The summed E-state index contributed by atoms with van der Waals surface area (Å²) in [4.78, 5) is 27.5. The third-order valence-electron chi connectivity index (χ3n) is 3.63. The van der Waals surface area contributed by atoms with Crippen LogP contribution in [0.25, 0.3) is 10.9 Å². The number of nitrogens with one attached hydrogen (secondary N) is 1. The molecule has 1 aromatic carbocycles. The molecule has 3 rings (SSSR count). The highest BCUT2D eigenvalue weighted by molar-refractivity contribution is 5.86. The van der Waals surface area contributed by atoms with E-state index < -0.39 is 12.0 Å². The summed E-state index contributed by atoms with van der Waals surface area (Å²) in [7, 11) is 0. The van der Waals surface area contributed by atoms with Gasteiger partial charge in [-0.1, -0.05) is 24.3 Å². The number of carboxylic acids is 1. The number of rotatable bonds is 5. The average molecular weight is 284 g/mol. The van der Waals surface area contributed by atoms with Crippen molar-refractivity contribution in [3.05, 3.63) is 42.1 Å². The second-order valence-corrected chi connectivity index (χ2v) is 5.37. The van der Waals surface area contributed by atoms with Gasteiger partial charge in [-0.15, -0.1) is 0 Å². The lowest BCUT2D eigenvalue weighted by atomic mass is 10.1. The molecular weight excluding hydrogens is 268 g/mol. The summed E-state index contributed by atoms with van der Waals surface area (Å²) in [5, 5.41) is 12.9. The number of carbonyl (C=O) groups excluding carboxylic acids is 1. The van der Waals surface area contributed by atoms with E-state index in [4.69, 9.17) is 0 Å². The molecule has 2 N–H and O–H groups in total. The predicted octanol–water partition coefficient (Wildman–Crippen LogP) is 1.76. The van der Waals surface area contributed by atoms with Crippen LogP contribution in [0, 0.1) is 5.92 Å². The zero-order valence-corrected chi connectivity index (χ0v) is 11.5. The summed E-state index contributed by atoms with van der Waals surface area (Å²) in [6.45, 7) is 0. The van der Waals surface area contributed by atoms with Crippen LogP contribution in [-0.4, -0.2) is 28.0 Å². The van der Waals surface area contributed by atoms with Gasteiger partial charge in [-0.3, -0.25) is 9.78 Å². The van der Waals surface area contributed by atoms with E-state index in [0.717, 1.165) is 23.7 Å². The molecule has 0 saturated heterocycles. The van der Waals surface area contributed by atoms with Crippen molar-refractivity contribution in [1.29, 1.82) is 0 Å². The first-order valence-corrected chi connectivity index (χ1v) is 7.01. The minimum atomic E-state index is -1.03. The minimum absolute atomic E-state index is 0.00332. The Kier molecular flexibility index (Phi) is 3.56. The third kappa shape index (κ3) is 3.18. The van der Waals surface area contributed by atoms with Crippen molar-refractivity contribution in [2.45, 2.75) is 25.3 Å². The van der Waals surface area contributed by atoms with E-state index in [1.807, 2.05) is 36.4 Å². The van der Waals surface area contributed by atoms with Gasteiger partial charge in [0.25, 0.3) is 0 Å². The Morgan fingerprint density at radius 2 is 2.00 bits per heavy atom. The fourth-order valence-corrected chi connectivity index (χ4v) is 2.27. The molecule has 1 aliphatic carbocycles. The van der Waals surface area contributed by atoms with Gasteiger partial charge in [-0.2, -0.15) is 0 Å². The number of pyridine rings is 1. The van der Waals surface area contributed by atoms with E-state index in [-0.39, 0.29) is 18.2 Å². The van der Waals surface area contributed by atoms with Crippen LogP contribution >= 0.6 is 0 Å². The molecular formula is C16H16N2O3. The number of para-hydroxylation sites is 1. The number of carbonyl (C=O) groups is 2. The van der Waals surface area contributed by atoms with Crippen LogP contribution in [0.4, 0.5) is 0 Å². The van der Waals surface area contributed by atoms with E-state index in [2.05, 4.69) is 10.3 Å². The standard InChI is InChI=1S/C16H16N2O3/c19-15(11-5-6-11)18-14(16(20)21)9-12-8-7-10-3-1-2-4-13(10)17-12/h1-4,7-8,11,14H,5-6,9H2,(H,18,19)(H,20,21)/t14-/m1/s1. The van der Waals surface area contributed by atoms with Gasteiger partial charge in [0.15, 0.2) is 0 Å². The first kappa shape index (κ1) is 13.5. The lowest BCUT2D eigenvalue weighted by molar-refractivity contribution is -0.142. The molecule has 1 aromatic heterocycles. The molecule has 1 fully saturated rings. The summed E-state index contributed by atoms with van der Waals surface area (Å²) < 4.78 is 0. The first-order valence-electron chi connectivity index (χ1n) is 7.01. The zero-order valence-electron chi connectivity index (χ0n) is 11.5. The highest BCUT2D eigenvalue weighted by Gasteiger charge is 2.32. The number of aliphatic carboxylic acids is 1.